The zero-order valence-electron chi connectivity index (χ0n) is 15.1. The lowest BCUT2D eigenvalue weighted by molar-refractivity contribution is 0.206. The standard InChI is InChI=1S/C19H35NOSi/c1-5-8-15-22(16-9-6-2,17-10-7-3)21-18(4)19-11-13-20-14-12-19/h11-14,18H,5-10,15-17H2,1-4H3/t18-/m0/s1. The van der Waals surface area contributed by atoms with Gasteiger partial charge in [0.15, 0.2) is 8.32 Å². The van der Waals surface area contributed by atoms with Crippen molar-refractivity contribution in [3.8, 4) is 0 Å². The highest BCUT2D eigenvalue weighted by Crippen LogP contribution is 2.34. The SMILES string of the molecule is CCCC[Si](CCCC)(CCCC)O[C@@H](C)c1ccncc1. The van der Waals surface area contributed by atoms with E-state index in [1.807, 2.05) is 12.4 Å². The van der Waals surface area contributed by atoms with E-state index in [1.54, 1.807) is 0 Å². The minimum atomic E-state index is -1.62. The summed E-state index contributed by atoms with van der Waals surface area (Å²) in [4.78, 5) is 4.13. The highest BCUT2D eigenvalue weighted by Gasteiger charge is 2.35. The van der Waals surface area contributed by atoms with Crippen molar-refractivity contribution < 1.29 is 4.43 Å². The lowest BCUT2D eigenvalue weighted by atomic mass is 10.2. The molecule has 0 aromatic carbocycles. The Morgan fingerprint density at radius 3 is 1.77 bits per heavy atom. The number of unbranched alkanes of at least 4 members (excludes halogenated alkanes) is 3. The molecule has 0 aliphatic rings. The quantitative estimate of drug-likeness (QED) is 0.410. The number of hydrogen-bond acceptors (Lipinski definition) is 2. The van der Waals surface area contributed by atoms with Crippen molar-refractivity contribution in [1.29, 1.82) is 0 Å². The Bertz CT molecular complexity index is 361. The molecular formula is C19H35NOSi. The summed E-state index contributed by atoms with van der Waals surface area (Å²) in [7, 11) is -1.62. The van der Waals surface area contributed by atoms with Crippen LogP contribution in [0, 0.1) is 0 Å². The summed E-state index contributed by atoms with van der Waals surface area (Å²) in [5.41, 5.74) is 1.27. The fourth-order valence-electron chi connectivity index (χ4n) is 3.13. The summed E-state index contributed by atoms with van der Waals surface area (Å²) in [5.74, 6) is 0. The van der Waals surface area contributed by atoms with Gasteiger partial charge in [0.25, 0.3) is 0 Å². The Morgan fingerprint density at radius 2 is 1.36 bits per heavy atom. The molecular weight excluding hydrogens is 286 g/mol. The second-order valence-corrected chi connectivity index (χ2v) is 10.6. The van der Waals surface area contributed by atoms with Gasteiger partial charge >= 0.3 is 0 Å². The van der Waals surface area contributed by atoms with Crippen LogP contribution in [-0.4, -0.2) is 13.3 Å². The Labute approximate surface area is 138 Å². The minimum Gasteiger partial charge on any atom is -0.410 e. The number of rotatable bonds is 12. The molecule has 3 heteroatoms. The van der Waals surface area contributed by atoms with Crippen LogP contribution < -0.4 is 0 Å². The van der Waals surface area contributed by atoms with Crippen LogP contribution in [0.1, 0.15) is 77.9 Å². The smallest absolute Gasteiger partial charge is 0.193 e. The van der Waals surface area contributed by atoms with Gasteiger partial charge < -0.3 is 4.43 Å². The van der Waals surface area contributed by atoms with Crippen molar-refractivity contribution in [3.63, 3.8) is 0 Å². The fourth-order valence-corrected chi connectivity index (χ4v) is 8.11. The van der Waals surface area contributed by atoms with Crippen LogP contribution >= 0.6 is 0 Å². The fraction of sp³-hybridized carbons (Fsp3) is 0.737. The van der Waals surface area contributed by atoms with E-state index in [9.17, 15) is 0 Å². The zero-order chi connectivity index (χ0) is 16.3. The minimum absolute atomic E-state index is 0.209. The van der Waals surface area contributed by atoms with Crippen LogP contribution in [0.4, 0.5) is 0 Å². The number of hydrogen-bond donors (Lipinski definition) is 0. The Balaban J connectivity index is 2.84. The normalized spacial score (nSPS) is 13.3. The summed E-state index contributed by atoms with van der Waals surface area (Å²) in [6.45, 7) is 9.11. The average Bonchev–Trinajstić information content (AvgIpc) is 2.56. The molecule has 1 aromatic heterocycles. The van der Waals surface area contributed by atoms with Crippen LogP contribution in [0.5, 0.6) is 0 Å². The van der Waals surface area contributed by atoms with E-state index >= 15 is 0 Å². The molecule has 2 nitrogen and oxygen atoms in total. The number of pyridine rings is 1. The van der Waals surface area contributed by atoms with Gasteiger partial charge in [0.2, 0.25) is 0 Å². The predicted octanol–water partition coefficient (Wildman–Crippen LogP) is 6.51. The summed E-state index contributed by atoms with van der Waals surface area (Å²) in [6, 6.07) is 8.20. The lowest BCUT2D eigenvalue weighted by Gasteiger charge is -2.35. The molecule has 0 saturated heterocycles. The van der Waals surface area contributed by atoms with E-state index in [0.717, 1.165) is 0 Å². The molecule has 0 amide bonds. The molecule has 0 saturated carbocycles. The molecule has 1 rings (SSSR count). The largest absolute Gasteiger partial charge is 0.410 e. The van der Waals surface area contributed by atoms with Crippen LogP contribution in [0.25, 0.3) is 0 Å². The van der Waals surface area contributed by atoms with E-state index in [-0.39, 0.29) is 6.10 Å². The Morgan fingerprint density at radius 1 is 0.909 bits per heavy atom. The van der Waals surface area contributed by atoms with Crippen LogP contribution in [0.15, 0.2) is 24.5 Å². The van der Waals surface area contributed by atoms with Gasteiger partial charge in [-0.15, -0.1) is 0 Å². The molecule has 0 N–H and O–H groups in total. The molecule has 22 heavy (non-hydrogen) atoms. The summed E-state index contributed by atoms with van der Waals surface area (Å²) in [5, 5.41) is 0. The second kappa shape index (κ2) is 11.0. The third-order valence-corrected chi connectivity index (χ3v) is 9.21. The van der Waals surface area contributed by atoms with Gasteiger partial charge in [-0.2, -0.15) is 0 Å². The first-order valence-corrected chi connectivity index (χ1v) is 11.8. The topological polar surface area (TPSA) is 22.1 Å². The first-order valence-electron chi connectivity index (χ1n) is 9.25. The third-order valence-electron chi connectivity index (χ3n) is 4.56. The van der Waals surface area contributed by atoms with Crippen molar-refractivity contribution in [1.82, 2.24) is 4.98 Å². The van der Waals surface area contributed by atoms with E-state index in [2.05, 4.69) is 44.8 Å². The summed E-state index contributed by atoms with van der Waals surface area (Å²) < 4.78 is 6.84. The summed E-state index contributed by atoms with van der Waals surface area (Å²) in [6.07, 6.45) is 11.8. The van der Waals surface area contributed by atoms with E-state index in [0.29, 0.717) is 0 Å². The van der Waals surface area contributed by atoms with Gasteiger partial charge in [-0.1, -0.05) is 59.3 Å². The maximum atomic E-state index is 6.84. The molecule has 0 spiro atoms. The van der Waals surface area contributed by atoms with E-state index in [4.69, 9.17) is 4.43 Å². The third kappa shape index (κ3) is 6.61. The van der Waals surface area contributed by atoms with Crippen LogP contribution in [0.2, 0.25) is 18.1 Å². The monoisotopic (exact) mass is 321 g/mol. The van der Waals surface area contributed by atoms with Gasteiger partial charge in [-0.25, -0.2) is 0 Å². The van der Waals surface area contributed by atoms with Crippen molar-refractivity contribution in [2.75, 3.05) is 0 Å². The molecule has 1 atom stereocenters. The van der Waals surface area contributed by atoms with E-state index < -0.39 is 8.32 Å². The summed E-state index contributed by atoms with van der Waals surface area (Å²) >= 11 is 0. The van der Waals surface area contributed by atoms with Crippen molar-refractivity contribution in [2.45, 2.75) is 90.5 Å². The van der Waals surface area contributed by atoms with Gasteiger partial charge in [-0.05, 0) is 42.8 Å². The first kappa shape index (κ1) is 19.4. The molecule has 0 aliphatic heterocycles. The van der Waals surface area contributed by atoms with Gasteiger partial charge in [0.05, 0.1) is 6.10 Å². The Kier molecular flexibility index (Phi) is 9.65. The molecule has 0 bridgehead atoms. The van der Waals surface area contributed by atoms with Crippen LogP contribution in [-0.2, 0) is 4.43 Å². The maximum absolute atomic E-state index is 6.84. The Hall–Kier alpha value is -0.673. The van der Waals surface area contributed by atoms with E-state index in [1.165, 1.54) is 62.2 Å². The molecule has 0 fully saturated rings. The molecule has 0 radical (unpaired) electrons. The maximum Gasteiger partial charge on any atom is 0.193 e. The molecule has 1 aromatic rings. The molecule has 1 heterocycles. The zero-order valence-corrected chi connectivity index (χ0v) is 16.1. The number of nitrogens with zero attached hydrogens (tertiary/aromatic N) is 1. The average molecular weight is 322 g/mol. The van der Waals surface area contributed by atoms with Crippen molar-refractivity contribution in [2.24, 2.45) is 0 Å². The molecule has 0 aliphatic carbocycles. The highest BCUT2D eigenvalue weighted by molar-refractivity contribution is 6.73. The van der Waals surface area contributed by atoms with Crippen LogP contribution in [0.3, 0.4) is 0 Å². The first-order chi connectivity index (χ1) is 10.7. The van der Waals surface area contributed by atoms with Gasteiger partial charge in [0.1, 0.15) is 0 Å². The molecule has 0 unspecified atom stereocenters. The lowest BCUT2D eigenvalue weighted by Crippen LogP contribution is -2.39. The predicted molar refractivity (Wildman–Crippen MR) is 98.6 cm³/mol. The molecule has 126 valence electrons. The second-order valence-electron chi connectivity index (χ2n) is 6.53. The van der Waals surface area contributed by atoms with Crippen molar-refractivity contribution in [3.05, 3.63) is 30.1 Å². The number of aromatic nitrogens is 1. The van der Waals surface area contributed by atoms with Gasteiger partial charge in [-0.3, -0.25) is 4.98 Å². The highest BCUT2D eigenvalue weighted by atomic mass is 28.4. The van der Waals surface area contributed by atoms with Crippen molar-refractivity contribution >= 4 is 8.32 Å². The van der Waals surface area contributed by atoms with Gasteiger partial charge in [0, 0.05) is 12.4 Å².